The highest BCUT2D eigenvalue weighted by Crippen LogP contribution is 2.12. The van der Waals surface area contributed by atoms with Gasteiger partial charge >= 0.3 is 0 Å². The van der Waals surface area contributed by atoms with Gasteiger partial charge in [-0.05, 0) is 31.1 Å². The SMILES string of the molecule is C=CC(=O)NCCCCOc1cccc(F)c1. The van der Waals surface area contributed by atoms with Crippen molar-refractivity contribution in [1.29, 1.82) is 0 Å². The zero-order valence-corrected chi connectivity index (χ0v) is 9.62. The first-order valence-electron chi connectivity index (χ1n) is 5.51. The number of unbranched alkanes of at least 4 members (excludes halogenated alkanes) is 1. The van der Waals surface area contributed by atoms with Gasteiger partial charge in [0.15, 0.2) is 0 Å². The minimum atomic E-state index is -0.305. The summed E-state index contributed by atoms with van der Waals surface area (Å²) in [6, 6.07) is 6.04. The minimum absolute atomic E-state index is 0.170. The number of ether oxygens (including phenoxy) is 1. The molecule has 0 aliphatic rings. The second-order valence-electron chi connectivity index (χ2n) is 3.51. The lowest BCUT2D eigenvalue weighted by molar-refractivity contribution is -0.116. The van der Waals surface area contributed by atoms with Gasteiger partial charge in [-0.15, -0.1) is 0 Å². The van der Waals surface area contributed by atoms with E-state index in [-0.39, 0.29) is 11.7 Å². The van der Waals surface area contributed by atoms with Gasteiger partial charge < -0.3 is 10.1 Å². The van der Waals surface area contributed by atoms with Gasteiger partial charge in [-0.25, -0.2) is 4.39 Å². The Morgan fingerprint density at radius 3 is 3.00 bits per heavy atom. The van der Waals surface area contributed by atoms with E-state index in [2.05, 4.69) is 11.9 Å². The van der Waals surface area contributed by atoms with Crippen LogP contribution in [0.3, 0.4) is 0 Å². The van der Waals surface area contributed by atoms with E-state index < -0.39 is 0 Å². The van der Waals surface area contributed by atoms with E-state index in [0.717, 1.165) is 12.8 Å². The Morgan fingerprint density at radius 2 is 2.29 bits per heavy atom. The van der Waals surface area contributed by atoms with Gasteiger partial charge in [-0.1, -0.05) is 12.6 Å². The van der Waals surface area contributed by atoms with Gasteiger partial charge in [0.2, 0.25) is 5.91 Å². The summed E-state index contributed by atoms with van der Waals surface area (Å²) < 4.78 is 18.1. The fourth-order valence-corrected chi connectivity index (χ4v) is 1.26. The Labute approximate surface area is 100 Å². The van der Waals surface area contributed by atoms with Crippen LogP contribution in [0.25, 0.3) is 0 Å². The highest BCUT2D eigenvalue weighted by molar-refractivity contribution is 5.86. The summed E-state index contributed by atoms with van der Waals surface area (Å²) in [7, 11) is 0. The Kier molecular flexibility index (Phi) is 5.79. The van der Waals surface area contributed by atoms with Crippen LogP contribution in [-0.2, 0) is 4.79 Å². The molecular formula is C13H16FNO2. The lowest BCUT2D eigenvalue weighted by Gasteiger charge is -2.06. The second-order valence-corrected chi connectivity index (χ2v) is 3.51. The van der Waals surface area contributed by atoms with Crippen LogP contribution in [0.2, 0.25) is 0 Å². The van der Waals surface area contributed by atoms with Crippen molar-refractivity contribution in [2.45, 2.75) is 12.8 Å². The van der Waals surface area contributed by atoms with Gasteiger partial charge in [-0.3, -0.25) is 4.79 Å². The predicted molar refractivity (Wildman–Crippen MR) is 64.3 cm³/mol. The fourth-order valence-electron chi connectivity index (χ4n) is 1.26. The number of benzene rings is 1. The number of hydrogen-bond donors (Lipinski definition) is 1. The van der Waals surface area contributed by atoms with E-state index >= 15 is 0 Å². The fraction of sp³-hybridized carbons (Fsp3) is 0.308. The number of nitrogens with one attached hydrogen (secondary N) is 1. The smallest absolute Gasteiger partial charge is 0.243 e. The van der Waals surface area contributed by atoms with E-state index in [9.17, 15) is 9.18 Å². The third-order valence-electron chi connectivity index (χ3n) is 2.12. The Hall–Kier alpha value is -1.84. The molecule has 0 radical (unpaired) electrons. The maximum Gasteiger partial charge on any atom is 0.243 e. The molecule has 0 saturated heterocycles. The van der Waals surface area contributed by atoms with Crippen LogP contribution in [0.15, 0.2) is 36.9 Å². The Bertz CT molecular complexity index is 379. The Balaban J connectivity index is 2.08. The Morgan fingerprint density at radius 1 is 1.47 bits per heavy atom. The summed E-state index contributed by atoms with van der Waals surface area (Å²) in [5.41, 5.74) is 0. The van der Waals surface area contributed by atoms with Crippen LogP contribution in [0.1, 0.15) is 12.8 Å². The lowest BCUT2D eigenvalue weighted by Crippen LogP contribution is -2.22. The molecule has 0 saturated carbocycles. The van der Waals surface area contributed by atoms with Gasteiger partial charge in [0.1, 0.15) is 11.6 Å². The van der Waals surface area contributed by atoms with Crippen molar-refractivity contribution in [3.63, 3.8) is 0 Å². The van der Waals surface area contributed by atoms with Crippen LogP contribution in [0.5, 0.6) is 5.75 Å². The maximum atomic E-state index is 12.8. The molecule has 1 aromatic carbocycles. The number of rotatable bonds is 7. The van der Waals surface area contributed by atoms with Crippen molar-refractivity contribution < 1.29 is 13.9 Å². The molecule has 0 aliphatic heterocycles. The van der Waals surface area contributed by atoms with Crippen LogP contribution >= 0.6 is 0 Å². The van der Waals surface area contributed by atoms with Crippen molar-refractivity contribution in [2.24, 2.45) is 0 Å². The third kappa shape index (κ3) is 5.70. The summed E-state index contributed by atoms with van der Waals surface area (Å²) in [6.45, 7) is 4.45. The first-order valence-corrected chi connectivity index (χ1v) is 5.51. The number of amides is 1. The van der Waals surface area contributed by atoms with Crippen LogP contribution in [0.4, 0.5) is 4.39 Å². The van der Waals surface area contributed by atoms with Crippen molar-refractivity contribution in [3.05, 3.63) is 42.7 Å². The summed E-state index contributed by atoms with van der Waals surface area (Å²) in [5, 5.41) is 2.67. The molecule has 4 heteroatoms. The molecule has 0 aromatic heterocycles. The molecule has 0 atom stereocenters. The van der Waals surface area contributed by atoms with E-state index in [0.29, 0.717) is 18.9 Å². The summed E-state index contributed by atoms with van der Waals surface area (Å²) in [6.07, 6.45) is 2.85. The van der Waals surface area contributed by atoms with E-state index in [1.165, 1.54) is 18.2 Å². The molecule has 1 rings (SSSR count). The van der Waals surface area contributed by atoms with E-state index in [1.807, 2.05) is 0 Å². The van der Waals surface area contributed by atoms with E-state index in [4.69, 9.17) is 4.74 Å². The summed E-state index contributed by atoms with van der Waals surface area (Å²) in [4.78, 5) is 10.8. The zero-order chi connectivity index (χ0) is 12.5. The van der Waals surface area contributed by atoms with Crippen LogP contribution in [0, 0.1) is 5.82 Å². The number of carbonyl (C=O) groups excluding carboxylic acids is 1. The quantitative estimate of drug-likeness (QED) is 0.583. The molecular weight excluding hydrogens is 221 g/mol. The average molecular weight is 237 g/mol. The van der Waals surface area contributed by atoms with Gasteiger partial charge in [0.05, 0.1) is 6.61 Å². The first kappa shape index (κ1) is 13.2. The van der Waals surface area contributed by atoms with Crippen molar-refractivity contribution in [2.75, 3.05) is 13.2 Å². The van der Waals surface area contributed by atoms with Crippen LogP contribution in [-0.4, -0.2) is 19.1 Å². The number of hydrogen-bond acceptors (Lipinski definition) is 2. The second kappa shape index (κ2) is 7.44. The molecule has 1 amide bonds. The molecule has 3 nitrogen and oxygen atoms in total. The molecule has 17 heavy (non-hydrogen) atoms. The van der Waals surface area contributed by atoms with Gasteiger partial charge in [-0.2, -0.15) is 0 Å². The zero-order valence-electron chi connectivity index (χ0n) is 9.62. The molecule has 92 valence electrons. The highest BCUT2D eigenvalue weighted by Gasteiger charge is 1.96. The average Bonchev–Trinajstić information content (AvgIpc) is 2.33. The molecule has 0 spiro atoms. The van der Waals surface area contributed by atoms with Crippen LogP contribution < -0.4 is 10.1 Å². The topological polar surface area (TPSA) is 38.3 Å². The maximum absolute atomic E-state index is 12.8. The molecule has 0 aliphatic carbocycles. The largest absolute Gasteiger partial charge is 0.493 e. The standard InChI is InChI=1S/C13H16FNO2/c1-2-13(16)15-8-3-4-9-17-12-7-5-6-11(14)10-12/h2,5-7,10H,1,3-4,8-9H2,(H,15,16). The minimum Gasteiger partial charge on any atom is -0.493 e. The molecule has 0 unspecified atom stereocenters. The molecule has 0 fully saturated rings. The van der Waals surface area contributed by atoms with Gasteiger partial charge in [0.25, 0.3) is 0 Å². The highest BCUT2D eigenvalue weighted by atomic mass is 19.1. The molecule has 1 N–H and O–H groups in total. The summed E-state index contributed by atoms with van der Waals surface area (Å²) >= 11 is 0. The third-order valence-corrected chi connectivity index (χ3v) is 2.12. The normalized spacial score (nSPS) is 9.71. The molecule has 1 aromatic rings. The predicted octanol–water partition coefficient (Wildman–Crippen LogP) is 2.29. The summed E-state index contributed by atoms with van der Waals surface area (Å²) in [5.74, 6) is 0.0527. The molecule has 0 heterocycles. The number of halogens is 1. The van der Waals surface area contributed by atoms with Crippen molar-refractivity contribution in [3.8, 4) is 5.75 Å². The van der Waals surface area contributed by atoms with E-state index in [1.54, 1.807) is 12.1 Å². The van der Waals surface area contributed by atoms with Crippen molar-refractivity contribution >= 4 is 5.91 Å². The lowest BCUT2D eigenvalue weighted by atomic mass is 10.3. The first-order chi connectivity index (χ1) is 8.22. The molecule has 0 bridgehead atoms. The van der Waals surface area contributed by atoms with Gasteiger partial charge in [0, 0.05) is 12.6 Å². The number of carbonyl (C=O) groups is 1. The monoisotopic (exact) mass is 237 g/mol. The van der Waals surface area contributed by atoms with Crippen molar-refractivity contribution in [1.82, 2.24) is 5.32 Å².